The van der Waals surface area contributed by atoms with Crippen LogP contribution in [0.15, 0.2) is 24.3 Å². The molecule has 98 valence electrons. The van der Waals surface area contributed by atoms with Crippen molar-refractivity contribution < 1.29 is 25.9 Å². The number of nitrogen functional groups attached to an aromatic ring is 1. The molecule has 0 amide bonds. The number of nitrogens with two attached hydrogens (primary N) is 1. The second-order valence-corrected chi connectivity index (χ2v) is 4.88. The summed E-state index contributed by atoms with van der Waals surface area (Å²) in [5.74, 6) is 0.206. The summed E-state index contributed by atoms with van der Waals surface area (Å²) >= 11 is -1.82. The van der Waals surface area contributed by atoms with Crippen LogP contribution in [0.1, 0.15) is 6.92 Å². The number of rotatable bonds is 3. The maximum Gasteiger partial charge on any atom is 0.446 e. The fourth-order valence-electron chi connectivity index (χ4n) is 0.688. The third-order valence-electron chi connectivity index (χ3n) is 1.30. The highest BCUT2D eigenvalue weighted by atomic mass is 32.3. The van der Waals surface area contributed by atoms with Gasteiger partial charge in [-0.3, -0.25) is 8.76 Å². The standard InChI is InChI=1S/C6H7NO4S.C2H6O2S/c7-5-2-1-3-6(4-5)11-12(8,9)10;1-2-5(3)4/h1-4H,7H2,(H,8,9,10);2H2,1H3,(H,3,4)/p-1. The number of hydrogen-bond acceptors (Lipinski definition) is 6. The second kappa shape index (κ2) is 7.22. The first kappa shape index (κ1) is 15.8. The van der Waals surface area contributed by atoms with Crippen LogP contribution in [0.3, 0.4) is 0 Å². The van der Waals surface area contributed by atoms with Gasteiger partial charge in [-0.05, 0) is 12.1 Å². The van der Waals surface area contributed by atoms with Crippen molar-refractivity contribution in [2.75, 3.05) is 11.5 Å². The largest absolute Gasteiger partial charge is 0.772 e. The molecule has 0 heterocycles. The van der Waals surface area contributed by atoms with Crippen molar-refractivity contribution in [3.8, 4) is 5.75 Å². The summed E-state index contributed by atoms with van der Waals surface area (Å²) in [6, 6.07) is 5.73. The van der Waals surface area contributed by atoms with E-state index in [2.05, 4.69) is 4.18 Å². The Bertz CT molecular complexity index is 473. The van der Waals surface area contributed by atoms with Crippen molar-refractivity contribution in [1.29, 1.82) is 0 Å². The molecule has 0 aliphatic heterocycles. The Labute approximate surface area is 102 Å². The van der Waals surface area contributed by atoms with Gasteiger partial charge in [0.15, 0.2) is 0 Å². The van der Waals surface area contributed by atoms with Crippen LogP contribution in [0.5, 0.6) is 5.75 Å². The summed E-state index contributed by atoms with van der Waals surface area (Å²) in [6.45, 7) is 1.59. The Kier molecular flexibility index (Phi) is 6.73. The average molecular weight is 282 g/mol. The lowest BCUT2D eigenvalue weighted by molar-refractivity contribution is 0.387. The smallest absolute Gasteiger partial charge is 0.446 e. The molecule has 1 atom stereocenters. The molecule has 0 fully saturated rings. The van der Waals surface area contributed by atoms with Crippen LogP contribution in [-0.2, 0) is 21.5 Å². The van der Waals surface area contributed by atoms with Gasteiger partial charge in [0.05, 0.1) is 0 Å². The summed E-state index contributed by atoms with van der Waals surface area (Å²) < 4.78 is 51.5. The summed E-state index contributed by atoms with van der Waals surface area (Å²) in [4.78, 5) is 0. The van der Waals surface area contributed by atoms with Gasteiger partial charge in [0.25, 0.3) is 0 Å². The minimum absolute atomic E-state index is 0.0162. The van der Waals surface area contributed by atoms with Gasteiger partial charge in [0, 0.05) is 17.5 Å². The highest BCUT2D eigenvalue weighted by molar-refractivity contribution is 7.81. The van der Waals surface area contributed by atoms with E-state index in [0.717, 1.165) is 0 Å². The quantitative estimate of drug-likeness (QED) is 0.464. The Morgan fingerprint density at radius 1 is 1.53 bits per heavy atom. The molecular weight excluding hydrogens is 270 g/mol. The zero-order valence-electron chi connectivity index (χ0n) is 8.90. The van der Waals surface area contributed by atoms with Gasteiger partial charge in [-0.2, -0.15) is 8.42 Å². The van der Waals surface area contributed by atoms with Crippen LogP contribution in [-0.4, -0.2) is 27.5 Å². The Morgan fingerprint density at radius 3 is 2.41 bits per heavy atom. The van der Waals surface area contributed by atoms with Crippen molar-refractivity contribution in [1.82, 2.24) is 0 Å². The fourth-order valence-corrected chi connectivity index (χ4v) is 1.03. The molecule has 9 heteroatoms. The van der Waals surface area contributed by atoms with Crippen molar-refractivity contribution >= 4 is 27.2 Å². The van der Waals surface area contributed by atoms with Gasteiger partial charge < -0.3 is 14.5 Å². The summed E-state index contributed by atoms with van der Waals surface area (Å²) in [5.41, 5.74) is 5.68. The molecule has 0 bridgehead atoms. The molecule has 0 aliphatic rings. The summed E-state index contributed by atoms with van der Waals surface area (Å²) in [6.07, 6.45) is 0. The third-order valence-corrected chi connectivity index (χ3v) is 2.17. The van der Waals surface area contributed by atoms with Crippen LogP contribution >= 0.6 is 0 Å². The van der Waals surface area contributed by atoms with Crippen molar-refractivity contribution in [3.63, 3.8) is 0 Å². The zero-order chi connectivity index (χ0) is 13.5. The Hall–Kier alpha value is -1.16. The normalized spacial score (nSPS) is 12.2. The molecule has 1 unspecified atom stereocenters. The fraction of sp³-hybridized carbons (Fsp3) is 0.250. The van der Waals surface area contributed by atoms with E-state index in [0.29, 0.717) is 5.69 Å². The topological polar surface area (TPSA) is 130 Å². The van der Waals surface area contributed by atoms with E-state index in [1.807, 2.05) is 0 Å². The Morgan fingerprint density at radius 2 is 2.06 bits per heavy atom. The molecule has 1 aromatic carbocycles. The van der Waals surface area contributed by atoms with Crippen LogP contribution in [0.2, 0.25) is 0 Å². The van der Waals surface area contributed by atoms with Gasteiger partial charge in [0.2, 0.25) is 0 Å². The van der Waals surface area contributed by atoms with E-state index in [-0.39, 0.29) is 11.5 Å². The Balaban J connectivity index is 0.000000437. The second-order valence-electron chi connectivity index (χ2n) is 2.68. The van der Waals surface area contributed by atoms with Crippen molar-refractivity contribution in [2.24, 2.45) is 0 Å². The molecule has 0 saturated heterocycles. The molecule has 3 N–H and O–H groups in total. The van der Waals surface area contributed by atoms with E-state index in [1.165, 1.54) is 18.2 Å². The van der Waals surface area contributed by atoms with Crippen molar-refractivity contribution in [2.45, 2.75) is 6.92 Å². The van der Waals surface area contributed by atoms with Crippen LogP contribution < -0.4 is 9.92 Å². The van der Waals surface area contributed by atoms with E-state index < -0.39 is 21.5 Å². The molecule has 7 nitrogen and oxygen atoms in total. The van der Waals surface area contributed by atoms with Crippen LogP contribution in [0, 0.1) is 0 Å². The SMILES string of the molecule is CCS(=O)[O-].Nc1cccc(OS(=O)(=O)O)c1. The zero-order valence-corrected chi connectivity index (χ0v) is 10.5. The van der Waals surface area contributed by atoms with Gasteiger partial charge in [-0.25, -0.2) is 0 Å². The predicted octanol–water partition coefficient (Wildman–Crippen LogP) is 0.336. The average Bonchev–Trinajstić information content (AvgIpc) is 2.15. The molecule has 1 rings (SSSR count). The molecule has 0 aliphatic carbocycles. The van der Waals surface area contributed by atoms with E-state index in [4.69, 9.17) is 10.3 Å². The van der Waals surface area contributed by atoms with E-state index in [1.54, 1.807) is 13.0 Å². The minimum atomic E-state index is -4.45. The molecule has 17 heavy (non-hydrogen) atoms. The monoisotopic (exact) mass is 282 g/mol. The number of anilines is 1. The van der Waals surface area contributed by atoms with Gasteiger partial charge >= 0.3 is 10.4 Å². The molecular formula is C8H12NO6S2-. The first-order valence-electron chi connectivity index (χ1n) is 4.33. The van der Waals surface area contributed by atoms with E-state index >= 15 is 0 Å². The molecule has 1 aromatic rings. The first-order chi connectivity index (χ1) is 7.74. The number of hydrogen-bond donors (Lipinski definition) is 2. The first-order valence-corrected chi connectivity index (χ1v) is 6.94. The molecule has 0 radical (unpaired) electrons. The highest BCUT2D eigenvalue weighted by Gasteiger charge is 2.05. The summed E-state index contributed by atoms with van der Waals surface area (Å²) in [7, 11) is -4.45. The molecule has 0 spiro atoms. The predicted molar refractivity (Wildman–Crippen MR) is 62.5 cm³/mol. The van der Waals surface area contributed by atoms with Crippen LogP contribution in [0.25, 0.3) is 0 Å². The minimum Gasteiger partial charge on any atom is -0.772 e. The number of benzene rings is 1. The lowest BCUT2D eigenvalue weighted by Gasteiger charge is -2.00. The highest BCUT2D eigenvalue weighted by Crippen LogP contribution is 2.15. The van der Waals surface area contributed by atoms with Crippen LogP contribution in [0.4, 0.5) is 5.69 Å². The van der Waals surface area contributed by atoms with E-state index in [9.17, 15) is 17.2 Å². The lowest BCUT2D eigenvalue weighted by atomic mass is 10.3. The lowest BCUT2D eigenvalue weighted by Crippen LogP contribution is -2.06. The van der Waals surface area contributed by atoms with Gasteiger partial charge in [0.1, 0.15) is 5.75 Å². The maximum absolute atomic E-state index is 10.2. The molecule has 0 aromatic heterocycles. The molecule has 0 saturated carbocycles. The van der Waals surface area contributed by atoms with Gasteiger partial charge in [-0.15, -0.1) is 0 Å². The summed E-state index contributed by atoms with van der Waals surface area (Å²) in [5, 5.41) is 0. The van der Waals surface area contributed by atoms with Gasteiger partial charge in [-0.1, -0.05) is 24.1 Å². The van der Waals surface area contributed by atoms with Crippen molar-refractivity contribution in [3.05, 3.63) is 24.3 Å². The maximum atomic E-state index is 10.2. The third kappa shape index (κ3) is 9.75.